The number of ether oxygens (including phenoxy) is 1. The Labute approximate surface area is 158 Å². The highest BCUT2D eigenvalue weighted by Gasteiger charge is 2.13. The second-order valence-electron chi connectivity index (χ2n) is 6.22. The summed E-state index contributed by atoms with van der Waals surface area (Å²) in [5, 5.41) is 17.9. The number of fused-ring (bicyclic) bond motifs is 1. The molecule has 1 atom stereocenters. The van der Waals surface area contributed by atoms with Crippen LogP contribution in [0.15, 0.2) is 57.9 Å². The minimum absolute atomic E-state index is 0.0610. The third-order valence-electron chi connectivity index (χ3n) is 4.28. The Kier molecular flexibility index (Phi) is 5.86. The lowest BCUT2D eigenvalue weighted by atomic mass is 10.2. The van der Waals surface area contributed by atoms with Gasteiger partial charge < -0.3 is 24.9 Å². The fourth-order valence-electron chi connectivity index (χ4n) is 2.84. The monoisotopic (exact) mass is 367 g/mol. The molecule has 0 spiro atoms. The number of phenolic OH excluding ortho intramolecular Hbond substituents is 1. The van der Waals surface area contributed by atoms with Crippen LogP contribution in [-0.4, -0.2) is 24.7 Å². The molecule has 3 N–H and O–H groups in total. The van der Waals surface area contributed by atoms with Crippen molar-refractivity contribution in [1.29, 1.82) is 0 Å². The van der Waals surface area contributed by atoms with Crippen LogP contribution >= 0.6 is 0 Å². The highest BCUT2D eigenvalue weighted by molar-refractivity contribution is 5.81. The molecule has 0 aliphatic rings. The molecule has 1 aromatic heterocycles. The van der Waals surface area contributed by atoms with Gasteiger partial charge in [0.2, 0.25) is 0 Å². The molecule has 142 valence electrons. The van der Waals surface area contributed by atoms with E-state index in [1.54, 1.807) is 6.07 Å². The zero-order valence-electron chi connectivity index (χ0n) is 15.8. The summed E-state index contributed by atoms with van der Waals surface area (Å²) < 4.78 is 11.1. The number of phenols is 1. The summed E-state index contributed by atoms with van der Waals surface area (Å²) in [6.45, 7) is 5.08. The average Bonchev–Trinajstić information content (AvgIpc) is 3.11. The molecular weight excluding hydrogens is 342 g/mol. The fourth-order valence-corrected chi connectivity index (χ4v) is 2.84. The summed E-state index contributed by atoms with van der Waals surface area (Å²) in [5.41, 5.74) is 1.56. The summed E-state index contributed by atoms with van der Waals surface area (Å²) in [7, 11) is 1.53. The molecule has 0 bridgehead atoms. The van der Waals surface area contributed by atoms with Crippen LogP contribution < -0.4 is 15.4 Å². The van der Waals surface area contributed by atoms with Crippen LogP contribution in [0.3, 0.4) is 0 Å². The van der Waals surface area contributed by atoms with E-state index in [1.807, 2.05) is 56.3 Å². The molecule has 3 aromatic rings. The van der Waals surface area contributed by atoms with Gasteiger partial charge in [0.1, 0.15) is 11.3 Å². The van der Waals surface area contributed by atoms with Crippen molar-refractivity contribution in [3.8, 4) is 11.5 Å². The van der Waals surface area contributed by atoms with Crippen LogP contribution in [0.5, 0.6) is 11.5 Å². The smallest absolute Gasteiger partial charge is 0.192 e. The Morgan fingerprint density at radius 2 is 2.04 bits per heavy atom. The number of nitrogens with zero attached hydrogens (tertiary/aromatic N) is 1. The maximum absolute atomic E-state index is 10.2. The lowest BCUT2D eigenvalue weighted by Gasteiger charge is -2.16. The van der Waals surface area contributed by atoms with E-state index in [9.17, 15) is 5.11 Å². The molecule has 27 heavy (non-hydrogen) atoms. The standard InChI is InChI=1S/C21H25N3O3/c1-4-22-21(23-13-16-9-7-11-18(26-3)20(16)25)24-14(2)19-12-15-8-5-6-10-17(15)27-19/h5-12,14,25H,4,13H2,1-3H3,(H2,22,23,24). The van der Waals surface area contributed by atoms with Gasteiger partial charge >= 0.3 is 0 Å². The number of benzene rings is 2. The van der Waals surface area contributed by atoms with Gasteiger partial charge in [-0.05, 0) is 32.0 Å². The van der Waals surface area contributed by atoms with Crippen LogP contribution in [0.25, 0.3) is 11.0 Å². The molecule has 0 radical (unpaired) electrons. The number of rotatable bonds is 6. The van der Waals surface area contributed by atoms with Gasteiger partial charge in [-0.2, -0.15) is 0 Å². The van der Waals surface area contributed by atoms with Crippen molar-refractivity contribution in [3.63, 3.8) is 0 Å². The number of aliphatic imine (C=N–C) groups is 1. The van der Waals surface area contributed by atoms with Crippen LogP contribution in [0, 0.1) is 0 Å². The minimum Gasteiger partial charge on any atom is -0.504 e. The molecule has 0 saturated carbocycles. The highest BCUT2D eigenvalue weighted by Crippen LogP contribution is 2.29. The summed E-state index contributed by atoms with van der Waals surface area (Å²) >= 11 is 0. The Morgan fingerprint density at radius 1 is 1.22 bits per heavy atom. The zero-order chi connectivity index (χ0) is 19.2. The third kappa shape index (κ3) is 4.34. The minimum atomic E-state index is -0.0610. The van der Waals surface area contributed by atoms with Crippen LogP contribution in [0.2, 0.25) is 0 Å². The predicted octanol–water partition coefficient (Wildman–Crippen LogP) is 3.96. The Hall–Kier alpha value is -3.15. The first kappa shape index (κ1) is 18.6. The largest absolute Gasteiger partial charge is 0.504 e. The van der Waals surface area contributed by atoms with Gasteiger partial charge in [-0.1, -0.05) is 30.3 Å². The summed E-state index contributed by atoms with van der Waals surface area (Å²) in [6.07, 6.45) is 0. The van der Waals surface area contributed by atoms with Crippen molar-refractivity contribution in [2.45, 2.75) is 26.4 Å². The molecule has 0 amide bonds. The maximum Gasteiger partial charge on any atom is 0.192 e. The number of nitrogens with one attached hydrogen (secondary N) is 2. The molecule has 3 rings (SSSR count). The molecule has 0 aliphatic carbocycles. The first-order chi connectivity index (χ1) is 13.1. The van der Waals surface area contributed by atoms with Gasteiger partial charge in [0.05, 0.1) is 19.7 Å². The van der Waals surface area contributed by atoms with Crippen molar-refractivity contribution < 1.29 is 14.3 Å². The molecular formula is C21H25N3O3. The quantitative estimate of drug-likeness (QED) is 0.454. The van der Waals surface area contributed by atoms with E-state index in [1.165, 1.54) is 7.11 Å². The van der Waals surface area contributed by atoms with Gasteiger partial charge in [-0.15, -0.1) is 0 Å². The molecule has 1 unspecified atom stereocenters. The van der Waals surface area contributed by atoms with E-state index in [4.69, 9.17) is 9.15 Å². The second kappa shape index (κ2) is 8.49. The topological polar surface area (TPSA) is 79.0 Å². The van der Waals surface area contributed by atoms with Crippen molar-refractivity contribution in [2.24, 2.45) is 4.99 Å². The zero-order valence-corrected chi connectivity index (χ0v) is 15.8. The van der Waals surface area contributed by atoms with Gasteiger partial charge in [0.25, 0.3) is 0 Å². The average molecular weight is 367 g/mol. The molecule has 2 aromatic carbocycles. The molecule has 1 heterocycles. The summed E-state index contributed by atoms with van der Waals surface area (Å²) in [4.78, 5) is 4.58. The molecule has 0 saturated heterocycles. The molecule has 0 fully saturated rings. The van der Waals surface area contributed by atoms with Gasteiger partial charge in [-0.25, -0.2) is 4.99 Å². The number of aromatic hydroxyl groups is 1. The maximum atomic E-state index is 10.2. The second-order valence-corrected chi connectivity index (χ2v) is 6.22. The first-order valence-electron chi connectivity index (χ1n) is 9.00. The van der Waals surface area contributed by atoms with E-state index < -0.39 is 0 Å². The lowest BCUT2D eigenvalue weighted by Crippen LogP contribution is -2.38. The molecule has 6 heteroatoms. The third-order valence-corrected chi connectivity index (χ3v) is 4.28. The normalized spacial score (nSPS) is 12.8. The predicted molar refractivity (Wildman–Crippen MR) is 107 cm³/mol. The number of methoxy groups -OCH3 is 1. The first-order valence-corrected chi connectivity index (χ1v) is 9.00. The van der Waals surface area contributed by atoms with Crippen molar-refractivity contribution in [3.05, 3.63) is 59.9 Å². The number of guanidine groups is 1. The summed E-state index contributed by atoms with van der Waals surface area (Å²) in [6, 6.07) is 15.3. The Balaban J connectivity index is 1.75. The van der Waals surface area contributed by atoms with E-state index in [0.29, 0.717) is 23.8 Å². The van der Waals surface area contributed by atoms with Gasteiger partial charge in [0, 0.05) is 17.5 Å². The molecule has 6 nitrogen and oxygen atoms in total. The molecule has 0 aliphatic heterocycles. The number of hydrogen-bond acceptors (Lipinski definition) is 4. The van der Waals surface area contributed by atoms with E-state index in [0.717, 1.165) is 23.3 Å². The number of hydrogen-bond donors (Lipinski definition) is 3. The van der Waals surface area contributed by atoms with E-state index in [-0.39, 0.29) is 11.8 Å². The van der Waals surface area contributed by atoms with Crippen molar-refractivity contribution >= 4 is 16.9 Å². The van der Waals surface area contributed by atoms with Crippen LogP contribution in [0.4, 0.5) is 0 Å². The van der Waals surface area contributed by atoms with Crippen molar-refractivity contribution in [1.82, 2.24) is 10.6 Å². The number of para-hydroxylation sites is 2. The van der Waals surface area contributed by atoms with E-state index >= 15 is 0 Å². The summed E-state index contributed by atoms with van der Waals surface area (Å²) in [5.74, 6) is 2.04. The SMILES string of the molecule is CCNC(=NCc1cccc(OC)c1O)NC(C)c1cc2ccccc2o1. The van der Waals surface area contributed by atoms with Gasteiger partial charge in [0.15, 0.2) is 17.5 Å². The highest BCUT2D eigenvalue weighted by atomic mass is 16.5. The lowest BCUT2D eigenvalue weighted by molar-refractivity contribution is 0.370. The van der Waals surface area contributed by atoms with Crippen molar-refractivity contribution in [2.75, 3.05) is 13.7 Å². The van der Waals surface area contributed by atoms with Crippen LogP contribution in [-0.2, 0) is 6.54 Å². The Bertz CT molecular complexity index is 900. The fraction of sp³-hybridized carbons (Fsp3) is 0.286. The van der Waals surface area contributed by atoms with Gasteiger partial charge in [-0.3, -0.25) is 0 Å². The van der Waals surface area contributed by atoms with E-state index in [2.05, 4.69) is 15.6 Å². The number of furan rings is 1. The van der Waals surface area contributed by atoms with Crippen LogP contribution in [0.1, 0.15) is 31.2 Å². The Morgan fingerprint density at radius 3 is 2.78 bits per heavy atom.